The van der Waals surface area contributed by atoms with Crippen molar-refractivity contribution in [1.29, 1.82) is 0 Å². The summed E-state index contributed by atoms with van der Waals surface area (Å²) >= 11 is 1.25. The Morgan fingerprint density at radius 3 is 2.28 bits per heavy atom. The first kappa shape index (κ1) is 25.7. The van der Waals surface area contributed by atoms with Crippen LogP contribution < -0.4 is 5.32 Å². The fourth-order valence-electron chi connectivity index (χ4n) is 2.91. The van der Waals surface area contributed by atoms with Crippen LogP contribution in [0.2, 0.25) is 0 Å². The number of thiophene rings is 1. The summed E-state index contributed by atoms with van der Waals surface area (Å²) in [4.78, 5) is 36.7. The molecule has 0 saturated carbocycles. The maximum atomic E-state index is 12.5. The fraction of sp³-hybridized carbons (Fsp3) is 0.409. The molecule has 0 aliphatic heterocycles. The number of carbonyl (C=O) groups is 3. The normalized spacial score (nSPS) is 11.4. The minimum atomic E-state index is -3.52. The van der Waals surface area contributed by atoms with Crippen LogP contribution in [0.4, 0.5) is 0 Å². The molecule has 1 N–H and O–H groups in total. The lowest BCUT2D eigenvalue weighted by atomic mass is 10.1. The van der Waals surface area contributed by atoms with Gasteiger partial charge in [0.2, 0.25) is 21.7 Å². The van der Waals surface area contributed by atoms with Crippen LogP contribution in [0, 0.1) is 0 Å². The van der Waals surface area contributed by atoms with Gasteiger partial charge in [-0.25, -0.2) is 8.42 Å². The summed E-state index contributed by atoms with van der Waals surface area (Å²) in [5.74, 6) is -0.961. The van der Waals surface area contributed by atoms with Gasteiger partial charge in [0.25, 0.3) is 0 Å². The molecule has 32 heavy (non-hydrogen) atoms. The highest BCUT2D eigenvalue weighted by molar-refractivity contribution is 7.89. The number of nitrogens with zero attached hydrogens (tertiary/aromatic N) is 1. The number of amides is 1. The van der Waals surface area contributed by atoms with Gasteiger partial charge in [-0.2, -0.15) is 4.31 Å². The third kappa shape index (κ3) is 7.25. The van der Waals surface area contributed by atoms with E-state index in [1.807, 2.05) is 0 Å². The number of rotatable bonds is 12. The van der Waals surface area contributed by atoms with Crippen molar-refractivity contribution in [2.24, 2.45) is 0 Å². The molecule has 1 aromatic carbocycles. The molecule has 0 fully saturated rings. The Balaban J connectivity index is 1.82. The largest absolute Gasteiger partial charge is 0.457 e. The number of nitrogens with one attached hydrogen (secondary N) is 1. The zero-order valence-electron chi connectivity index (χ0n) is 18.4. The number of ether oxygens (including phenoxy) is 1. The summed E-state index contributed by atoms with van der Waals surface area (Å²) in [7, 11) is -3.52. The molecule has 0 atom stereocenters. The smallest absolute Gasteiger partial charge is 0.306 e. The number of sulfonamides is 1. The van der Waals surface area contributed by atoms with Crippen LogP contribution in [-0.2, 0) is 37.3 Å². The highest BCUT2D eigenvalue weighted by atomic mass is 32.2. The van der Waals surface area contributed by atoms with E-state index < -0.39 is 16.0 Å². The first-order valence-corrected chi connectivity index (χ1v) is 12.5. The lowest BCUT2D eigenvalue weighted by Crippen LogP contribution is -2.30. The molecular weight excluding hydrogens is 452 g/mol. The molecule has 2 aromatic rings. The summed E-state index contributed by atoms with van der Waals surface area (Å²) in [5.41, 5.74) is 0.799. The molecule has 0 radical (unpaired) electrons. The van der Waals surface area contributed by atoms with E-state index in [1.165, 1.54) is 34.7 Å². The SMILES string of the molecule is CCN(CC)S(=O)(=O)c1ccc(CCC(=O)OCC(=O)c2ccc(CNC(C)=O)s2)cc1. The van der Waals surface area contributed by atoms with Gasteiger partial charge in [0.05, 0.1) is 16.3 Å². The van der Waals surface area contributed by atoms with E-state index in [0.717, 1.165) is 10.4 Å². The summed E-state index contributed by atoms with van der Waals surface area (Å²) in [5, 5.41) is 2.66. The first-order chi connectivity index (χ1) is 15.2. The van der Waals surface area contributed by atoms with E-state index in [0.29, 0.717) is 30.9 Å². The van der Waals surface area contributed by atoms with E-state index >= 15 is 0 Å². The van der Waals surface area contributed by atoms with Crippen LogP contribution in [0.5, 0.6) is 0 Å². The maximum Gasteiger partial charge on any atom is 0.306 e. The van der Waals surface area contributed by atoms with Crippen molar-refractivity contribution in [2.45, 2.75) is 45.1 Å². The van der Waals surface area contributed by atoms with E-state index in [1.54, 1.807) is 38.1 Å². The molecule has 0 aliphatic rings. The first-order valence-electron chi connectivity index (χ1n) is 10.3. The molecule has 10 heteroatoms. The fourth-order valence-corrected chi connectivity index (χ4v) is 5.24. The van der Waals surface area contributed by atoms with Gasteiger partial charge < -0.3 is 10.1 Å². The Morgan fingerprint density at radius 1 is 1.03 bits per heavy atom. The minimum Gasteiger partial charge on any atom is -0.457 e. The van der Waals surface area contributed by atoms with Gasteiger partial charge in [-0.3, -0.25) is 14.4 Å². The van der Waals surface area contributed by atoms with Crippen molar-refractivity contribution in [1.82, 2.24) is 9.62 Å². The molecule has 0 aliphatic carbocycles. The second kappa shape index (κ2) is 11.9. The Hall–Kier alpha value is -2.56. The standard InChI is InChI=1S/C22H28N2O6S2/c1-4-24(5-2)32(28,29)19-10-6-17(7-11-19)8-13-22(27)30-15-20(26)21-12-9-18(31-21)14-23-16(3)25/h6-7,9-12H,4-5,8,13-15H2,1-3H3,(H,23,25). The Bertz CT molecular complexity index is 1040. The lowest BCUT2D eigenvalue weighted by molar-refractivity contribution is -0.142. The van der Waals surface area contributed by atoms with Gasteiger partial charge in [-0.05, 0) is 36.2 Å². The number of hydrogen-bond donors (Lipinski definition) is 1. The number of ketones is 1. The van der Waals surface area contributed by atoms with Crippen molar-refractivity contribution < 1.29 is 27.5 Å². The molecule has 0 saturated heterocycles. The van der Waals surface area contributed by atoms with Crippen LogP contribution in [0.3, 0.4) is 0 Å². The summed E-state index contributed by atoms with van der Waals surface area (Å²) in [6.07, 6.45) is 0.451. The second-order valence-corrected chi connectivity index (χ2v) is 10.1. The molecule has 174 valence electrons. The number of esters is 1. The Morgan fingerprint density at radius 2 is 1.69 bits per heavy atom. The molecular formula is C22H28N2O6S2. The number of benzene rings is 1. The zero-order chi connectivity index (χ0) is 23.7. The molecule has 8 nitrogen and oxygen atoms in total. The van der Waals surface area contributed by atoms with Crippen LogP contribution in [0.1, 0.15) is 47.3 Å². The van der Waals surface area contributed by atoms with Gasteiger partial charge >= 0.3 is 5.97 Å². The molecule has 1 amide bonds. The average Bonchev–Trinajstić information content (AvgIpc) is 3.25. The number of hydrogen-bond acceptors (Lipinski definition) is 7. The minimum absolute atomic E-state index is 0.0770. The van der Waals surface area contributed by atoms with Crippen molar-refractivity contribution in [3.8, 4) is 0 Å². The predicted octanol–water partition coefficient (Wildman–Crippen LogP) is 2.77. The van der Waals surface area contributed by atoms with E-state index in [-0.39, 0.29) is 29.6 Å². The molecule has 2 rings (SSSR count). The van der Waals surface area contributed by atoms with E-state index in [4.69, 9.17) is 4.74 Å². The zero-order valence-corrected chi connectivity index (χ0v) is 20.1. The number of carbonyl (C=O) groups excluding carboxylic acids is 3. The van der Waals surface area contributed by atoms with Crippen molar-refractivity contribution >= 4 is 39.0 Å². The van der Waals surface area contributed by atoms with Gasteiger partial charge in [0.15, 0.2) is 6.61 Å². The van der Waals surface area contributed by atoms with Crippen LogP contribution in [0.15, 0.2) is 41.3 Å². The predicted molar refractivity (Wildman–Crippen MR) is 122 cm³/mol. The van der Waals surface area contributed by atoms with E-state index in [9.17, 15) is 22.8 Å². The van der Waals surface area contributed by atoms with Crippen LogP contribution >= 0.6 is 11.3 Å². The summed E-state index contributed by atoms with van der Waals surface area (Å²) < 4.78 is 31.5. The van der Waals surface area contributed by atoms with Gasteiger partial charge in [-0.15, -0.1) is 11.3 Å². The lowest BCUT2D eigenvalue weighted by Gasteiger charge is -2.18. The third-order valence-corrected chi connectivity index (χ3v) is 7.89. The Labute approximate surface area is 192 Å². The van der Waals surface area contributed by atoms with Gasteiger partial charge in [0, 0.05) is 31.3 Å². The van der Waals surface area contributed by atoms with Crippen molar-refractivity contribution in [2.75, 3.05) is 19.7 Å². The average molecular weight is 481 g/mol. The van der Waals surface area contributed by atoms with Gasteiger partial charge in [0.1, 0.15) is 0 Å². The highest BCUT2D eigenvalue weighted by Gasteiger charge is 2.21. The molecule has 1 aromatic heterocycles. The monoisotopic (exact) mass is 480 g/mol. The number of aryl methyl sites for hydroxylation is 1. The van der Waals surface area contributed by atoms with Crippen LogP contribution in [0.25, 0.3) is 0 Å². The van der Waals surface area contributed by atoms with Crippen LogP contribution in [-0.4, -0.2) is 50.1 Å². The van der Waals surface area contributed by atoms with Gasteiger partial charge in [-0.1, -0.05) is 26.0 Å². The molecule has 0 spiro atoms. The van der Waals surface area contributed by atoms with E-state index in [2.05, 4.69) is 5.32 Å². The highest BCUT2D eigenvalue weighted by Crippen LogP contribution is 2.18. The molecule has 1 heterocycles. The van der Waals surface area contributed by atoms with Crippen molar-refractivity contribution in [3.05, 3.63) is 51.7 Å². The summed E-state index contributed by atoms with van der Waals surface area (Å²) in [6.45, 7) is 5.79. The summed E-state index contributed by atoms with van der Waals surface area (Å²) in [6, 6.07) is 9.82. The number of Topliss-reactive ketones (excluding diaryl/α,β-unsaturated/α-hetero) is 1. The second-order valence-electron chi connectivity index (χ2n) is 6.99. The maximum absolute atomic E-state index is 12.5. The molecule has 0 bridgehead atoms. The third-order valence-electron chi connectivity index (χ3n) is 4.70. The Kier molecular flexibility index (Phi) is 9.55. The molecule has 0 unspecified atom stereocenters. The topological polar surface area (TPSA) is 110 Å². The van der Waals surface area contributed by atoms with Crippen molar-refractivity contribution in [3.63, 3.8) is 0 Å². The quantitative estimate of drug-likeness (QED) is 0.370.